The number of imidazole rings is 1. The third kappa shape index (κ3) is 4.51. The van der Waals surface area contributed by atoms with Crippen LogP contribution < -0.4 is 10.1 Å². The van der Waals surface area contributed by atoms with E-state index in [2.05, 4.69) is 20.6 Å². The molecule has 3 heterocycles. The summed E-state index contributed by atoms with van der Waals surface area (Å²) in [7, 11) is 1.66. The Morgan fingerprint density at radius 3 is 2.70 bits per heavy atom. The first kappa shape index (κ1) is 21.7. The van der Waals surface area contributed by atoms with Crippen LogP contribution in [0.25, 0.3) is 16.9 Å². The second-order valence-electron chi connectivity index (χ2n) is 9.38. The molecule has 1 aliphatic heterocycles. The van der Waals surface area contributed by atoms with Crippen LogP contribution >= 0.6 is 0 Å². The van der Waals surface area contributed by atoms with E-state index in [0.29, 0.717) is 5.92 Å². The van der Waals surface area contributed by atoms with Gasteiger partial charge in [0.05, 0.1) is 31.0 Å². The smallest absolute Gasteiger partial charge is 0.244 e. The van der Waals surface area contributed by atoms with Crippen LogP contribution in [-0.2, 0) is 4.79 Å². The summed E-state index contributed by atoms with van der Waals surface area (Å²) < 4.78 is 9.34. The van der Waals surface area contributed by atoms with E-state index in [9.17, 15) is 4.79 Å². The summed E-state index contributed by atoms with van der Waals surface area (Å²) in [4.78, 5) is 17.2. The maximum Gasteiger partial charge on any atom is 0.244 e. The van der Waals surface area contributed by atoms with Crippen molar-refractivity contribution in [3.8, 4) is 22.7 Å². The predicted molar refractivity (Wildman–Crippen MR) is 125 cm³/mol. The second kappa shape index (κ2) is 9.37. The van der Waals surface area contributed by atoms with E-state index >= 15 is 0 Å². The molecule has 33 heavy (non-hydrogen) atoms. The molecule has 8 heteroatoms. The van der Waals surface area contributed by atoms with Gasteiger partial charge in [-0.2, -0.15) is 0 Å². The minimum Gasteiger partial charge on any atom is -0.495 e. The Morgan fingerprint density at radius 2 is 1.94 bits per heavy atom. The van der Waals surface area contributed by atoms with Crippen LogP contribution in [0.1, 0.15) is 56.7 Å². The standard InChI is InChI=1S/C25H32N6O2/c1-17-14-30(16-27-17)22-9-8-20(13-24(22)33-2)21-15-31(29-28-21)23-12-19(10-11-26-25(23)32)18-6-4-3-5-7-18/h8-9,13-16,18-19,23H,3-7,10-12H2,1-2H3,(H,26,32). The van der Waals surface area contributed by atoms with Gasteiger partial charge < -0.3 is 14.6 Å². The summed E-state index contributed by atoms with van der Waals surface area (Å²) in [5.41, 5.74) is 3.48. The molecule has 1 amide bonds. The molecular weight excluding hydrogens is 416 g/mol. The highest BCUT2D eigenvalue weighted by Gasteiger charge is 2.33. The second-order valence-corrected chi connectivity index (χ2v) is 9.38. The Balaban J connectivity index is 1.39. The van der Waals surface area contributed by atoms with Crippen LogP contribution in [0.3, 0.4) is 0 Å². The Bertz CT molecular complexity index is 1110. The number of hydrogen-bond acceptors (Lipinski definition) is 5. The Hall–Kier alpha value is -3.16. The third-order valence-corrected chi connectivity index (χ3v) is 7.25. The summed E-state index contributed by atoms with van der Waals surface area (Å²) in [5.74, 6) is 2.05. The van der Waals surface area contributed by atoms with E-state index in [0.717, 1.165) is 53.7 Å². The van der Waals surface area contributed by atoms with Crippen molar-refractivity contribution < 1.29 is 9.53 Å². The lowest BCUT2D eigenvalue weighted by molar-refractivity contribution is -0.124. The summed E-state index contributed by atoms with van der Waals surface area (Å²) >= 11 is 0. The zero-order valence-corrected chi connectivity index (χ0v) is 19.4. The molecule has 2 aromatic heterocycles. The van der Waals surface area contributed by atoms with E-state index in [4.69, 9.17) is 4.74 Å². The summed E-state index contributed by atoms with van der Waals surface area (Å²) in [5, 5.41) is 11.9. The number of carbonyl (C=O) groups is 1. The van der Waals surface area contributed by atoms with Gasteiger partial charge >= 0.3 is 0 Å². The van der Waals surface area contributed by atoms with Crippen LogP contribution in [-0.4, -0.2) is 44.1 Å². The molecule has 5 rings (SSSR count). The van der Waals surface area contributed by atoms with E-state index in [1.54, 1.807) is 18.1 Å². The number of methoxy groups -OCH3 is 1. The van der Waals surface area contributed by atoms with Gasteiger partial charge in [0.15, 0.2) is 0 Å². The van der Waals surface area contributed by atoms with Crippen molar-refractivity contribution >= 4 is 5.91 Å². The van der Waals surface area contributed by atoms with Crippen molar-refractivity contribution in [1.29, 1.82) is 0 Å². The molecule has 2 atom stereocenters. The molecule has 0 spiro atoms. The summed E-state index contributed by atoms with van der Waals surface area (Å²) in [6, 6.07) is 5.64. The van der Waals surface area contributed by atoms with Crippen LogP contribution in [0.2, 0.25) is 0 Å². The van der Waals surface area contributed by atoms with Crippen molar-refractivity contribution in [2.75, 3.05) is 13.7 Å². The molecule has 2 aliphatic rings. The summed E-state index contributed by atoms with van der Waals surface area (Å²) in [6.45, 7) is 2.71. The lowest BCUT2D eigenvalue weighted by atomic mass is 9.76. The molecule has 2 unspecified atom stereocenters. The first-order valence-electron chi connectivity index (χ1n) is 12.0. The van der Waals surface area contributed by atoms with Gasteiger partial charge in [-0.25, -0.2) is 9.67 Å². The number of aryl methyl sites for hydroxylation is 1. The number of hydrogen-bond donors (Lipinski definition) is 1. The minimum absolute atomic E-state index is 0.0492. The Morgan fingerprint density at radius 1 is 1.09 bits per heavy atom. The molecule has 1 saturated heterocycles. The normalized spacial score (nSPS) is 22.1. The lowest BCUT2D eigenvalue weighted by Gasteiger charge is -2.30. The zero-order valence-electron chi connectivity index (χ0n) is 19.4. The zero-order chi connectivity index (χ0) is 22.8. The highest BCUT2D eigenvalue weighted by Crippen LogP contribution is 2.37. The van der Waals surface area contributed by atoms with Gasteiger partial charge in [-0.15, -0.1) is 5.10 Å². The maximum absolute atomic E-state index is 12.9. The number of benzene rings is 1. The highest BCUT2D eigenvalue weighted by atomic mass is 16.5. The minimum atomic E-state index is -0.309. The number of aromatic nitrogens is 5. The predicted octanol–water partition coefficient (Wildman–Crippen LogP) is 4.10. The quantitative estimate of drug-likeness (QED) is 0.635. The number of rotatable bonds is 5. The van der Waals surface area contributed by atoms with Gasteiger partial charge in [-0.05, 0) is 43.7 Å². The molecule has 1 saturated carbocycles. The molecule has 8 nitrogen and oxygen atoms in total. The van der Waals surface area contributed by atoms with Crippen LogP contribution in [0.15, 0.2) is 36.9 Å². The largest absolute Gasteiger partial charge is 0.495 e. The molecule has 0 bridgehead atoms. The molecule has 1 aromatic carbocycles. The van der Waals surface area contributed by atoms with E-state index in [1.807, 2.05) is 42.1 Å². The fourth-order valence-electron chi connectivity index (χ4n) is 5.44. The summed E-state index contributed by atoms with van der Waals surface area (Å²) in [6.07, 6.45) is 14.1. The van der Waals surface area contributed by atoms with Gasteiger partial charge in [0.1, 0.15) is 17.5 Å². The molecule has 2 fully saturated rings. The highest BCUT2D eigenvalue weighted by molar-refractivity contribution is 5.80. The van der Waals surface area contributed by atoms with E-state index in [-0.39, 0.29) is 11.9 Å². The van der Waals surface area contributed by atoms with Crippen LogP contribution in [0.5, 0.6) is 5.75 Å². The van der Waals surface area contributed by atoms with Crippen molar-refractivity contribution in [2.45, 2.75) is 57.9 Å². The molecular formula is C25H32N6O2. The topological polar surface area (TPSA) is 86.9 Å². The van der Waals surface area contributed by atoms with Crippen molar-refractivity contribution in [3.05, 3.63) is 42.6 Å². The molecule has 174 valence electrons. The van der Waals surface area contributed by atoms with Gasteiger partial charge in [0.25, 0.3) is 0 Å². The third-order valence-electron chi connectivity index (χ3n) is 7.25. The van der Waals surface area contributed by atoms with E-state index < -0.39 is 0 Å². The number of nitrogens with one attached hydrogen (secondary N) is 1. The monoisotopic (exact) mass is 448 g/mol. The van der Waals surface area contributed by atoms with Crippen molar-refractivity contribution in [2.24, 2.45) is 11.8 Å². The first-order valence-corrected chi connectivity index (χ1v) is 12.0. The average molecular weight is 449 g/mol. The molecule has 1 N–H and O–H groups in total. The van der Waals surface area contributed by atoms with Crippen molar-refractivity contribution in [3.63, 3.8) is 0 Å². The maximum atomic E-state index is 12.9. The first-order chi connectivity index (χ1) is 16.1. The SMILES string of the molecule is COc1cc(-c2cn(C3CC(C4CCCCC4)CCNC3=O)nn2)ccc1-n1cnc(C)c1. The number of nitrogens with zero attached hydrogens (tertiary/aromatic N) is 5. The average Bonchev–Trinajstić information content (AvgIpc) is 3.46. The Kier molecular flexibility index (Phi) is 6.15. The van der Waals surface area contributed by atoms with Crippen LogP contribution in [0, 0.1) is 18.8 Å². The van der Waals surface area contributed by atoms with Gasteiger partial charge in [-0.1, -0.05) is 43.4 Å². The molecule has 3 aromatic rings. The van der Waals surface area contributed by atoms with Gasteiger partial charge in [0, 0.05) is 18.3 Å². The number of ether oxygens (including phenoxy) is 1. The molecule has 0 radical (unpaired) electrons. The van der Waals surface area contributed by atoms with Gasteiger partial charge in [-0.3, -0.25) is 4.79 Å². The number of carbonyl (C=O) groups excluding carboxylic acids is 1. The molecule has 1 aliphatic carbocycles. The van der Waals surface area contributed by atoms with Crippen LogP contribution in [0.4, 0.5) is 0 Å². The number of amides is 1. The fraction of sp³-hybridized carbons (Fsp3) is 0.520. The fourth-order valence-corrected chi connectivity index (χ4v) is 5.44. The van der Waals surface area contributed by atoms with E-state index in [1.165, 1.54) is 32.1 Å². The Labute approximate surface area is 194 Å². The van der Waals surface area contributed by atoms with Crippen molar-refractivity contribution in [1.82, 2.24) is 29.9 Å². The van der Waals surface area contributed by atoms with Gasteiger partial charge in [0.2, 0.25) is 5.91 Å². The lowest BCUT2D eigenvalue weighted by Crippen LogP contribution is -2.31.